The first kappa shape index (κ1) is 15.9. The van der Waals surface area contributed by atoms with Gasteiger partial charge in [0, 0.05) is 6.54 Å². The van der Waals surface area contributed by atoms with Gasteiger partial charge in [-0.1, -0.05) is 0 Å². The minimum absolute atomic E-state index is 0.195. The van der Waals surface area contributed by atoms with Gasteiger partial charge in [-0.2, -0.15) is 0 Å². The van der Waals surface area contributed by atoms with Crippen molar-refractivity contribution in [3.05, 3.63) is 30.1 Å². The number of nitrogens with one attached hydrogen (secondary N) is 1. The highest BCUT2D eigenvalue weighted by Crippen LogP contribution is 2.19. The molecule has 20 heavy (non-hydrogen) atoms. The Balaban J connectivity index is 2.27. The van der Waals surface area contributed by atoms with Gasteiger partial charge in [-0.3, -0.25) is 9.59 Å². The maximum Gasteiger partial charge on any atom is 0.309 e. The molecule has 2 N–H and O–H groups in total. The van der Waals surface area contributed by atoms with Crippen LogP contribution in [0, 0.1) is 11.2 Å². The fourth-order valence-electron chi connectivity index (χ4n) is 1.35. The SMILES string of the molecule is CC(C)(CCNC(=O)COc1ccc(F)cc1)C(=O)O. The molecule has 0 bridgehead atoms. The van der Waals surface area contributed by atoms with E-state index in [1.165, 1.54) is 24.3 Å². The summed E-state index contributed by atoms with van der Waals surface area (Å²) >= 11 is 0. The molecule has 0 saturated carbocycles. The summed E-state index contributed by atoms with van der Waals surface area (Å²) < 4.78 is 17.8. The molecule has 0 atom stereocenters. The second kappa shape index (κ2) is 6.88. The van der Waals surface area contributed by atoms with Gasteiger partial charge in [-0.15, -0.1) is 0 Å². The van der Waals surface area contributed by atoms with Crippen molar-refractivity contribution in [1.29, 1.82) is 0 Å². The zero-order chi connectivity index (χ0) is 15.2. The van der Waals surface area contributed by atoms with Crippen molar-refractivity contribution < 1.29 is 23.8 Å². The van der Waals surface area contributed by atoms with E-state index in [1.807, 2.05) is 0 Å². The number of carboxylic acids is 1. The van der Waals surface area contributed by atoms with Gasteiger partial charge in [0.15, 0.2) is 6.61 Å². The summed E-state index contributed by atoms with van der Waals surface area (Å²) in [5, 5.41) is 11.5. The normalized spacial score (nSPS) is 10.9. The summed E-state index contributed by atoms with van der Waals surface area (Å²) in [4.78, 5) is 22.3. The molecule has 5 nitrogen and oxygen atoms in total. The quantitative estimate of drug-likeness (QED) is 0.800. The first-order valence-corrected chi connectivity index (χ1v) is 6.20. The van der Waals surface area contributed by atoms with Crippen molar-refractivity contribution in [2.45, 2.75) is 20.3 Å². The molecule has 0 aliphatic rings. The molecule has 0 radical (unpaired) electrons. The van der Waals surface area contributed by atoms with Crippen LogP contribution in [0.3, 0.4) is 0 Å². The Morgan fingerprint density at radius 1 is 1.30 bits per heavy atom. The number of carbonyl (C=O) groups excluding carboxylic acids is 1. The largest absolute Gasteiger partial charge is 0.484 e. The summed E-state index contributed by atoms with van der Waals surface area (Å²) in [6, 6.07) is 5.33. The number of ether oxygens (including phenoxy) is 1. The van der Waals surface area contributed by atoms with Crippen LogP contribution in [-0.4, -0.2) is 30.1 Å². The number of halogens is 1. The Morgan fingerprint density at radius 3 is 2.45 bits per heavy atom. The summed E-state index contributed by atoms with van der Waals surface area (Å²) in [6.45, 7) is 3.25. The summed E-state index contributed by atoms with van der Waals surface area (Å²) in [7, 11) is 0. The molecule has 0 aromatic heterocycles. The highest BCUT2D eigenvalue weighted by atomic mass is 19.1. The van der Waals surface area contributed by atoms with E-state index in [9.17, 15) is 14.0 Å². The van der Waals surface area contributed by atoms with Gasteiger partial charge in [0.25, 0.3) is 5.91 Å². The molecule has 0 spiro atoms. The second-order valence-corrected chi connectivity index (χ2v) is 5.03. The standard InChI is InChI=1S/C14H18FNO4/c1-14(2,13(18)19)7-8-16-12(17)9-20-11-5-3-10(15)4-6-11/h3-6H,7-9H2,1-2H3,(H,16,17)(H,18,19). The molecule has 1 aromatic rings. The maximum absolute atomic E-state index is 12.6. The molecular weight excluding hydrogens is 265 g/mol. The van der Waals surface area contributed by atoms with Gasteiger partial charge in [-0.25, -0.2) is 4.39 Å². The highest BCUT2D eigenvalue weighted by molar-refractivity contribution is 5.77. The third kappa shape index (κ3) is 5.26. The Kier molecular flexibility index (Phi) is 5.49. The lowest BCUT2D eigenvalue weighted by molar-refractivity contribution is -0.147. The monoisotopic (exact) mass is 283 g/mol. The van der Waals surface area contributed by atoms with Crippen molar-refractivity contribution in [3.8, 4) is 5.75 Å². The minimum atomic E-state index is -0.908. The fourth-order valence-corrected chi connectivity index (χ4v) is 1.35. The smallest absolute Gasteiger partial charge is 0.309 e. The van der Waals surface area contributed by atoms with Crippen LogP contribution in [0.2, 0.25) is 0 Å². The van der Waals surface area contributed by atoms with Crippen LogP contribution >= 0.6 is 0 Å². The first-order chi connectivity index (χ1) is 9.31. The Hall–Kier alpha value is -2.11. The summed E-state index contributed by atoms with van der Waals surface area (Å²) in [5.41, 5.74) is -0.884. The molecule has 1 aromatic carbocycles. The van der Waals surface area contributed by atoms with E-state index in [0.717, 1.165) is 0 Å². The predicted octanol–water partition coefficient (Wildman–Crippen LogP) is 1.82. The van der Waals surface area contributed by atoms with E-state index in [1.54, 1.807) is 13.8 Å². The number of benzene rings is 1. The van der Waals surface area contributed by atoms with E-state index in [0.29, 0.717) is 12.2 Å². The Labute approximate surface area is 116 Å². The molecular formula is C14H18FNO4. The second-order valence-electron chi connectivity index (χ2n) is 5.03. The molecule has 0 unspecified atom stereocenters. The summed E-state index contributed by atoms with van der Waals surface area (Å²) in [5.74, 6) is -1.24. The first-order valence-electron chi connectivity index (χ1n) is 6.20. The number of hydrogen-bond acceptors (Lipinski definition) is 3. The highest BCUT2D eigenvalue weighted by Gasteiger charge is 2.26. The number of carbonyl (C=O) groups is 2. The van der Waals surface area contributed by atoms with E-state index in [2.05, 4.69) is 5.32 Å². The van der Waals surface area contributed by atoms with Crippen LogP contribution in [0.4, 0.5) is 4.39 Å². The number of amides is 1. The van der Waals surface area contributed by atoms with Crippen LogP contribution in [-0.2, 0) is 9.59 Å². The molecule has 0 saturated heterocycles. The number of carboxylic acid groups (broad SMARTS) is 1. The van der Waals surface area contributed by atoms with Crippen molar-refractivity contribution in [2.75, 3.05) is 13.2 Å². The van der Waals surface area contributed by atoms with Gasteiger partial charge >= 0.3 is 5.97 Å². The van der Waals surface area contributed by atoms with Gasteiger partial charge < -0.3 is 15.2 Å². The molecule has 1 rings (SSSR count). The lowest BCUT2D eigenvalue weighted by Crippen LogP contribution is -2.34. The van der Waals surface area contributed by atoms with E-state index in [4.69, 9.17) is 9.84 Å². The number of aliphatic carboxylic acids is 1. The van der Waals surface area contributed by atoms with Crippen molar-refractivity contribution in [2.24, 2.45) is 5.41 Å². The van der Waals surface area contributed by atoms with Crippen molar-refractivity contribution in [1.82, 2.24) is 5.32 Å². The molecule has 0 aliphatic carbocycles. The molecule has 110 valence electrons. The van der Waals surface area contributed by atoms with Crippen LogP contribution in [0.25, 0.3) is 0 Å². The Bertz CT molecular complexity index is 471. The van der Waals surface area contributed by atoms with Crippen molar-refractivity contribution >= 4 is 11.9 Å². The average molecular weight is 283 g/mol. The molecule has 0 heterocycles. The van der Waals surface area contributed by atoms with E-state index < -0.39 is 11.4 Å². The number of hydrogen-bond donors (Lipinski definition) is 2. The summed E-state index contributed by atoms with van der Waals surface area (Å²) in [6.07, 6.45) is 0.324. The van der Waals surface area contributed by atoms with Gasteiger partial charge in [0.05, 0.1) is 5.41 Å². The third-order valence-corrected chi connectivity index (χ3v) is 2.83. The Morgan fingerprint density at radius 2 is 1.90 bits per heavy atom. The van der Waals surface area contributed by atoms with Crippen LogP contribution in [0.15, 0.2) is 24.3 Å². The molecule has 6 heteroatoms. The van der Waals surface area contributed by atoms with Gasteiger partial charge in [-0.05, 0) is 44.5 Å². The number of rotatable bonds is 7. The third-order valence-electron chi connectivity index (χ3n) is 2.83. The van der Waals surface area contributed by atoms with Crippen LogP contribution in [0.1, 0.15) is 20.3 Å². The van der Waals surface area contributed by atoms with Gasteiger partial charge in [0.2, 0.25) is 0 Å². The molecule has 1 amide bonds. The van der Waals surface area contributed by atoms with Crippen molar-refractivity contribution in [3.63, 3.8) is 0 Å². The van der Waals surface area contributed by atoms with Crippen LogP contribution in [0.5, 0.6) is 5.75 Å². The van der Waals surface area contributed by atoms with E-state index >= 15 is 0 Å². The fraction of sp³-hybridized carbons (Fsp3) is 0.429. The molecule has 0 aliphatic heterocycles. The van der Waals surface area contributed by atoms with E-state index in [-0.39, 0.29) is 24.9 Å². The lowest BCUT2D eigenvalue weighted by Gasteiger charge is -2.18. The zero-order valence-corrected chi connectivity index (χ0v) is 11.5. The maximum atomic E-state index is 12.6. The molecule has 0 fully saturated rings. The predicted molar refractivity (Wildman–Crippen MR) is 70.9 cm³/mol. The minimum Gasteiger partial charge on any atom is -0.484 e. The topological polar surface area (TPSA) is 75.6 Å². The van der Waals surface area contributed by atoms with Crippen LogP contribution < -0.4 is 10.1 Å². The average Bonchev–Trinajstić information content (AvgIpc) is 2.37. The lowest BCUT2D eigenvalue weighted by atomic mass is 9.90. The van der Waals surface area contributed by atoms with Gasteiger partial charge in [0.1, 0.15) is 11.6 Å². The zero-order valence-electron chi connectivity index (χ0n) is 11.5.